The van der Waals surface area contributed by atoms with Gasteiger partial charge >= 0.3 is 0 Å². The van der Waals surface area contributed by atoms with Crippen molar-refractivity contribution in [3.8, 4) is 0 Å². The second-order valence-corrected chi connectivity index (χ2v) is 5.08. The number of rotatable bonds is 2. The zero-order valence-corrected chi connectivity index (χ0v) is 12.2. The second kappa shape index (κ2) is 5.67. The molecule has 0 radical (unpaired) electrons. The molecule has 3 nitrogen and oxygen atoms in total. The third-order valence-corrected chi connectivity index (χ3v) is 3.47. The molecule has 0 aliphatic heterocycles. The van der Waals surface area contributed by atoms with Gasteiger partial charge in [-0.05, 0) is 52.7 Å². The van der Waals surface area contributed by atoms with Gasteiger partial charge in [0, 0.05) is 10.7 Å². The lowest BCUT2D eigenvalue weighted by molar-refractivity contribution is 0.102. The van der Waals surface area contributed by atoms with Gasteiger partial charge in [-0.3, -0.25) is 4.79 Å². The fraction of sp³-hybridized carbons (Fsp3) is 0.0769. The van der Waals surface area contributed by atoms with Crippen LogP contribution in [-0.2, 0) is 0 Å². The van der Waals surface area contributed by atoms with E-state index in [1.165, 1.54) is 18.2 Å². The normalized spacial score (nSPS) is 10.3. The first-order valence-electron chi connectivity index (χ1n) is 5.36. The molecule has 1 amide bonds. The molecule has 1 N–H and O–H groups in total. The van der Waals surface area contributed by atoms with E-state index in [9.17, 15) is 9.18 Å². The zero-order chi connectivity index (χ0) is 14.0. The van der Waals surface area contributed by atoms with Gasteiger partial charge in [0.1, 0.15) is 5.82 Å². The monoisotopic (exact) mass is 342 g/mol. The summed E-state index contributed by atoms with van der Waals surface area (Å²) in [5.41, 5.74) is 1.57. The molecule has 0 spiro atoms. The molecule has 0 fully saturated rings. The van der Waals surface area contributed by atoms with Gasteiger partial charge < -0.3 is 5.32 Å². The Kier molecular flexibility index (Phi) is 4.17. The molecule has 0 unspecified atom stereocenters. The van der Waals surface area contributed by atoms with E-state index >= 15 is 0 Å². The molecule has 2 rings (SSSR count). The molecule has 0 atom stereocenters. The van der Waals surface area contributed by atoms with Crippen LogP contribution in [0.4, 0.5) is 10.1 Å². The standard InChI is InChI=1S/C13H9BrClFN2O/c1-7-4-5-17-12(15)11(7)18-13(19)9-3-2-8(16)6-10(9)14/h2-6H,1H3,(H,18,19). The van der Waals surface area contributed by atoms with Crippen molar-refractivity contribution in [2.45, 2.75) is 6.92 Å². The molecule has 1 aromatic heterocycles. The summed E-state index contributed by atoms with van der Waals surface area (Å²) in [5, 5.41) is 2.88. The summed E-state index contributed by atoms with van der Waals surface area (Å²) in [6.45, 7) is 1.81. The van der Waals surface area contributed by atoms with Crippen LogP contribution in [0.2, 0.25) is 5.15 Å². The van der Waals surface area contributed by atoms with Crippen LogP contribution >= 0.6 is 27.5 Å². The van der Waals surface area contributed by atoms with Crippen molar-refractivity contribution in [2.24, 2.45) is 0 Å². The third-order valence-electron chi connectivity index (χ3n) is 2.53. The van der Waals surface area contributed by atoms with Crippen molar-refractivity contribution in [3.63, 3.8) is 0 Å². The maximum Gasteiger partial charge on any atom is 0.256 e. The Labute approximate surface area is 122 Å². The Morgan fingerprint density at radius 3 is 2.79 bits per heavy atom. The van der Waals surface area contributed by atoms with Gasteiger partial charge in [-0.15, -0.1) is 0 Å². The molecular formula is C13H9BrClFN2O. The lowest BCUT2D eigenvalue weighted by Crippen LogP contribution is -2.14. The molecule has 0 saturated carbocycles. The minimum Gasteiger partial charge on any atom is -0.319 e. The highest BCUT2D eigenvalue weighted by molar-refractivity contribution is 9.10. The zero-order valence-electron chi connectivity index (χ0n) is 9.88. The van der Waals surface area contributed by atoms with Gasteiger partial charge in [0.05, 0.1) is 11.3 Å². The van der Waals surface area contributed by atoms with Crippen LogP contribution in [-0.4, -0.2) is 10.9 Å². The molecule has 0 saturated heterocycles. The smallest absolute Gasteiger partial charge is 0.256 e. The van der Waals surface area contributed by atoms with Crippen LogP contribution in [0.25, 0.3) is 0 Å². The van der Waals surface area contributed by atoms with Crippen molar-refractivity contribution >= 4 is 39.1 Å². The highest BCUT2D eigenvalue weighted by Crippen LogP contribution is 2.25. The average molecular weight is 344 g/mol. The van der Waals surface area contributed by atoms with E-state index in [1.807, 2.05) is 6.92 Å². The number of carbonyl (C=O) groups excluding carboxylic acids is 1. The Morgan fingerprint density at radius 2 is 2.16 bits per heavy atom. The first-order valence-corrected chi connectivity index (χ1v) is 6.53. The molecular weight excluding hydrogens is 335 g/mol. The number of benzene rings is 1. The molecule has 0 bridgehead atoms. The summed E-state index contributed by atoms with van der Waals surface area (Å²) in [6.07, 6.45) is 1.56. The lowest BCUT2D eigenvalue weighted by atomic mass is 10.2. The number of aromatic nitrogens is 1. The number of hydrogen-bond acceptors (Lipinski definition) is 2. The Morgan fingerprint density at radius 1 is 1.42 bits per heavy atom. The van der Waals surface area contributed by atoms with E-state index in [-0.39, 0.29) is 11.1 Å². The summed E-state index contributed by atoms with van der Waals surface area (Å²) in [5.74, 6) is -0.802. The molecule has 0 aliphatic rings. The maximum absolute atomic E-state index is 13.0. The number of carbonyl (C=O) groups is 1. The molecule has 98 valence electrons. The molecule has 19 heavy (non-hydrogen) atoms. The van der Waals surface area contributed by atoms with Crippen molar-refractivity contribution in [3.05, 3.63) is 57.0 Å². The predicted molar refractivity (Wildman–Crippen MR) is 76.0 cm³/mol. The summed E-state index contributed by atoms with van der Waals surface area (Å²) in [7, 11) is 0. The number of nitrogens with zero attached hydrogens (tertiary/aromatic N) is 1. The Balaban J connectivity index is 2.31. The highest BCUT2D eigenvalue weighted by atomic mass is 79.9. The second-order valence-electron chi connectivity index (χ2n) is 3.87. The Bertz CT molecular complexity index is 628. The van der Waals surface area contributed by atoms with Gasteiger partial charge in [0.2, 0.25) is 0 Å². The number of pyridine rings is 1. The van der Waals surface area contributed by atoms with E-state index < -0.39 is 5.82 Å². The van der Waals surface area contributed by atoms with Crippen molar-refractivity contribution in [1.82, 2.24) is 4.98 Å². The molecule has 1 heterocycles. The number of anilines is 1. The minimum atomic E-state index is -0.418. The van der Waals surface area contributed by atoms with E-state index in [4.69, 9.17) is 11.6 Å². The molecule has 1 aromatic carbocycles. The fourth-order valence-electron chi connectivity index (χ4n) is 1.53. The first-order chi connectivity index (χ1) is 8.99. The average Bonchev–Trinajstić information content (AvgIpc) is 2.33. The Hall–Kier alpha value is -1.46. The molecule has 2 aromatic rings. The van der Waals surface area contributed by atoms with Crippen LogP contribution in [0.3, 0.4) is 0 Å². The van der Waals surface area contributed by atoms with Crippen LogP contribution in [0.1, 0.15) is 15.9 Å². The molecule has 0 aliphatic carbocycles. The van der Waals surface area contributed by atoms with Crippen molar-refractivity contribution in [2.75, 3.05) is 5.32 Å². The van der Waals surface area contributed by atoms with Gasteiger partial charge in [0.25, 0.3) is 5.91 Å². The third kappa shape index (κ3) is 3.11. The van der Waals surface area contributed by atoms with Crippen LogP contribution in [0, 0.1) is 12.7 Å². The molecule has 6 heteroatoms. The number of hydrogen-bond donors (Lipinski definition) is 1. The van der Waals surface area contributed by atoms with Crippen molar-refractivity contribution < 1.29 is 9.18 Å². The largest absolute Gasteiger partial charge is 0.319 e. The highest BCUT2D eigenvalue weighted by Gasteiger charge is 2.14. The summed E-state index contributed by atoms with van der Waals surface area (Å²) in [4.78, 5) is 16.0. The fourth-order valence-corrected chi connectivity index (χ4v) is 2.31. The van der Waals surface area contributed by atoms with Crippen molar-refractivity contribution in [1.29, 1.82) is 0 Å². The van der Waals surface area contributed by atoms with Crippen LogP contribution in [0.5, 0.6) is 0 Å². The van der Waals surface area contributed by atoms with E-state index in [0.29, 0.717) is 15.7 Å². The van der Waals surface area contributed by atoms with E-state index in [1.54, 1.807) is 12.3 Å². The summed E-state index contributed by atoms with van der Waals surface area (Å²) < 4.78 is 13.4. The first kappa shape index (κ1) is 14.0. The lowest BCUT2D eigenvalue weighted by Gasteiger charge is -2.10. The van der Waals surface area contributed by atoms with E-state index in [2.05, 4.69) is 26.2 Å². The van der Waals surface area contributed by atoms with Gasteiger partial charge in [-0.2, -0.15) is 0 Å². The summed E-state index contributed by atoms with van der Waals surface area (Å²) in [6, 6.07) is 5.58. The van der Waals surface area contributed by atoms with Gasteiger partial charge in [0.15, 0.2) is 5.15 Å². The van der Waals surface area contributed by atoms with Crippen LogP contribution in [0.15, 0.2) is 34.9 Å². The number of halogens is 3. The van der Waals surface area contributed by atoms with Gasteiger partial charge in [-0.25, -0.2) is 9.37 Å². The minimum absolute atomic E-state index is 0.214. The maximum atomic E-state index is 13.0. The van der Waals surface area contributed by atoms with Gasteiger partial charge in [-0.1, -0.05) is 11.6 Å². The number of nitrogens with one attached hydrogen (secondary N) is 1. The quantitative estimate of drug-likeness (QED) is 0.831. The summed E-state index contributed by atoms with van der Waals surface area (Å²) >= 11 is 9.08. The van der Waals surface area contributed by atoms with Crippen LogP contribution < -0.4 is 5.32 Å². The SMILES string of the molecule is Cc1ccnc(Cl)c1NC(=O)c1ccc(F)cc1Br. The topological polar surface area (TPSA) is 42.0 Å². The predicted octanol–water partition coefficient (Wildman–Crippen LogP) is 4.20. The number of aryl methyl sites for hydroxylation is 1. The number of amides is 1. The van der Waals surface area contributed by atoms with E-state index in [0.717, 1.165) is 5.56 Å².